The highest BCUT2D eigenvalue weighted by Crippen LogP contribution is 2.43. The molecule has 2 N–H and O–H groups in total. The second-order valence-corrected chi connectivity index (χ2v) is 8.78. The first kappa shape index (κ1) is 24.5. The standard InChI is InChI=1S/C29H33N3O3/c1-6-30-24-16-26-22(14-18(24)3)28(23-15-19(4)25(31-7-2)17-27(23)35-26)20-10-8-9-11-21(20)29(34)32(5)12-13-33/h8-11,14-17,30,33H,6-7,12-13H2,1-5H3. The Hall–Kier alpha value is -3.64. The Morgan fingerprint density at radius 1 is 1.06 bits per heavy atom. The molecule has 1 aliphatic carbocycles. The molecule has 0 unspecified atom stereocenters. The number of carbonyl (C=O) groups is 1. The van der Waals surface area contributed by atoms with Crippen LogP contribution >= 0.6 is 0 Å². The molecule has 6 heteroatoms. The topological polar surface area (TPSA) is 78.1 Å². The van der Waals surface area contributed by atoms with Gasteiger partial charge in [-0.15, -0.1) is 0 Å². The first-order chi connectivity index (χ1) is 16.9. The van der Waals surface area contributed by atoms with Crippen LogP contribution < -0.4 is 10.7 Å². The number of aliphatic hydroxyl groups excluding tert-OH is 1. The van der Waals surface area contributed by atoms with Crippen molar-refractivity contribution >= 4 is 22.6 Å². The number of aliphatic hydroxyl groups is 1. The van der Waals surface area contributed by atoms with Crippen molar-refractivity contribution in [3.8, 4) is 22.5 Å². The second kappa shape index (κ2) is 10.3. The maximum absolute atomic E-state index is 13.4. The van der Waals surface area contributed by atoms with Crippen molar-refractivity contribution in [1.29, 1.82) is 0 Å². The average molecular weight is 472 g/mol. The second-order valence-electron chi connectivity index (χ2n) is 8.78. The van der Waals surface area contributed by atoms with Crippen molar-refractivity contribution in [2.75, 3.05) is 38.6 Å². The van der Waals surface area contributed by atoms with Gasteiger partial charge in [-0.1, -0.05) is 18.2 Å². The van der Waals surface area contributed by atoms with Crippen LogP contribution in [0.15, 0.2) is 57.9 Å². The van der Waals surface area contributed by atoms with Crippen LogP contribution in [0, 0.1) is 13.8 Å². The number of rotatable bonds is 7. The van der Waals surface area contributed by atoms with Gasteiger partial charge in [0.25, 0.3) is 5.91 Å². The van der Waals surface area contributed by atoms with Gasteiger partial charge in [-0.2, -0.15) is 0 Å². The summed E-state index contributed by atoms with van der Waals surface area (Å²) < 4.78 is 6.45. The fraction of sp³-hybridized carbons (Fsp3) is 0.310. The third kappa shape index (κ3) is 4.66. The number of aryl methyl sites for hydroxylation is 2. The molecule has 0 saturated heterocycles. The Bertz CT molecular complexity index is 1420. The van der Waals surface area contributed by atoms with Crippen LogP contribution in [0.1, 0.15) is 35.3 Å². The fourth-order valence-electron chi connectivity index (χ4n) is 4.55. The predicted octanol–water partition coefficient (Wildman–Crippen LogP) is 5.24. The van der Waals surface area contributed by atoms with Crippen molar-refractivity contribution < 1.29 is 14.3 Å². The van der Waals surface area contributed by atoms with E-state index in [4.69, 9.17) is 4.42 Å². The predicted molar refractivity (Wildman–Crippen MR) is 142 cm³/mol. The molecule has 4 rings (SSSR count). The van der Waals surface area contributed by atoms with E-state index in [1.165, 1.54) is 0 Å². The van der Waals surface area contributed by atoms with E-state index < -0.39 is 0 Å². The minimum absolute atomic E-state index is 0.0875. The van der Waals surface area contributed by atoms with E-state index in [1.807, 2.05) is 50.2 Å². The number of nitrogens with zero attached hydrogens (tertiary/aromatic N) is 2. The van der Waals surface area contributed by atoms with Crippen molar-refractivity contribution in [2.24, 2.45) is 4.99 Å². The largest absolute Gasteiger partial charge is 0.456 e. The third-order valence-electron chi connectivity index (χ3n) is 6.29. The summed E-state index contributed by atoms with van der Waals surface area (Å²) in [5.74, 6) is 0.592. The summed E-state index contributed by atoms with van der Waals surface area (Å²) in [6, 6.07) is 15.9. The highest BCUT2D eigenvalue weighted by atomic mass is 16.3. The van der Waals surface area contributed by atoms with Gasteiger partial charge < -0.3 is 19.7 Å². The molecule has 0 saturated carbocycles. The Morgan fingerprint density at radius 2 is 1.83 bits per heavy atom. The molecule has 6 nitrogen and oxygen atoms in total. The summed E-state index contributed by atoms with van der Waals surface area (Å²) in [6.07, 6.45) is 0. The Morgan fingerprint density at radius 3 is 2.54 bits per heavy atom. The lowest BCUT2D eigenvalue weighted by atomic mass is 9.89. The Balaban J connectivity index is 2.12. The number of nitrogens with one attached hydrogen (secondary N) is 1. The van der Waals surface area contributed by atoms with Crippen LogP contribution in [0.4, 0.5) is 5.69 Å². The van der Waals surface area contributed by atoms with Gasteiger partial charge >= 0.3 is 0 Å². The van der Waals surface area contributed by atoms with Gasteiger partial charge in [0, 0.05) is 66.6 Å². The number of likely N-dealkylation sites (N-methyl/N-ethyl adjacent to an activating group) is 1. The monoisotopic (exact) mass is 471 g/mol. The fourth-order valence-corrected chi connectivity index (χ4v) is 4.55. The van der Waals surface area contributed by atoms with Crippen molar-refractivity contribution in [2.45, 2.75) is 27.7 Å². The number of benzene rings is 3. The first-order valence-corrected chi connectivity index (χ1v) is 12.1. The third-order valence-corrected chi connectivity index (χ3v) is 6.29. The summed E-state index contributed by atoms with van der Waals surface area (Å²) in [4.78, 5) is 19.6. The Labute approximate surface area is 206 Å². The van der Waals surface area contributed by atoms with E-state index in [2.05, 4.69) is 36.3 Å². The molecule has 35 heavy (non-hydrogen) atoms. The van der Waals surface area contributed by atoms with Crippen molar-refractivity contribution in [3.63, 3.8) is 0 Å². The van der Waals surface area contributed by atoms with Crippen LogP contribution in [0.2, 0.25) is 0 Å². The molecule has 1 amide bonds. The van der Waals surface area contributed by atoms with Crippen LogP contribution in [-0.2, 0) is 0 Å². The zero-order chi connectivity index (χ0) is 25.1. The molecule has 2 aliphatic rings. The number of fused-ring (bicyclic) bond motifs is 2. The molecular formula is C29H33N3O3. The van der Waals surface area contributed by atoms with Crippen LogP contribution in [0.3, 0.4) is 0 Å². The number of hydrogen-bond donors (Lipinski definition) is 2. The summed E-state index contributed by atoms with van der Waals surface area (Å²) >= 11 is 0. The zero-order valence-electron chi connectivity index (χ0n) is 21.1. The molecule has 1 heterocycles. The molecule has 2 aromatic rings. The van der Waals surface area contributed by atoms with Crippen LogP contribution in [-0.4, -0.2) is 49.2 Å². The maximum atomic E-state index is 13.4. The van der Waals surface area contributed by atoms with E-state index in [0.29, 0.717) is 12.1 Å². The molecule has 0 atom stereocenters. The number of amides is 1. The van der Waals surface area contributed by atoms with Gasteiger partial charge in [-0.3, -0.25) is 9.79 Å². The van der Waals surface area contributed by atoms with Gasteiger partial charge in [0.15, 0.2) is 0 Å². The van der Waals surface area contributed by atoms with E-state index in [1.54, 1.807) is 11.9 Å². The molecule has 0 aromatic heterocycles. The lowest BCUT2D eigenvalue weighted by molar-refractivity contribution is 0.0767. The van der Waals surface area contributed by atoms with Crippen LogP contribution in [0.5, 0.6) is 0 Å². The average Bonchev–Trinajstić information content (AvgIpc) is 2.84. The summed E-state index contributed by atoms with van der Waals surface area (Å²) in [6.45, 7) is 9.88. The van der Waals surface area contributed by atoms with Gasteiger partial charge in [0.1, 0.15) is 11.3 Å². The van der Waals surface area contributed by atoms with E-state index >= 15 is 0 Å². The summed E-state index contributed by atoms with van der Waals surface area (Å²) in [7, 11) is 1.71. The van der Waals surface area contributed by atoms with Crippen LogP contribution in [0.25, 0.3) is 33.4 Å². The summed E-state index contributed by atoms with van der Waals surface area (Å²) in [5, 5.41) is 14.6. The quantitative estimate of drug-likeness (QED) is 0.362. The van der Waals surface area contributed by atoms with Crippen molar-refractivity contribution in [3.05, 3.63) is 70.6 Å². The van der Waals surface area contributed by atoms with Gasteiger partial charge in [0.2, 0.25) is 0 Å². The molecule has 0 spiro atoms. The first-order valence-electron chi connectivity index (χ1n) is 12.1. The van der Waals surface area contributed by atoms with Gasteiger partial charge in [-0.25, -0.2) is 0 Å². The molecular weight excluding hydrogens is 438 g/mol. The molecule has 0 bridgehead atoms. The van der Waals surface area contributed by atoms with Gasteiger partial charge in [-0.05, 0) is 62.6 Å². The van der Waals surface area contributed by atoms with E-state index in [-0.39, 0.29) is 19.1 Å². The zero-order valence-corrected chi connectivity index (χ0v) is 21.1. The number of carbonyl (C=O) groups excluding carboxylic acids is 1. The molecule has 0 radical (unpaired) electrons. The lowest BCUT2D eigenvalue weighted by Crippen LogP contribution is -2.29. The molecule has 0 fully saturated rings. The van der Waals surface area contributed by atoms with E-state index in [9.17, 15) is 9.90 Å². The highest BCUT2D eigenvalue weighted by molar-refractivity contribution is 6.09. The van der Waals surface area contributed by atoms with Crippen molar-refractivity contribution in [1.82, 2.24) is 4.90 Å². The SMILES string of the molecule is CCN=c1cc2oc3cc(NCC)c(C)cc3c(-c3ccccc3C(=O)N(C)CCO)c-2cc1C. The summed E-state index contributed by atoms with van der Waals surface area (Å²) in [5.41, 5.74) is 7.24. The molecule has 1 aliphatic heterocycles. The van der Waals surface area contributed by atoms with Gasteiger partial charge in [0.05, 0.1) is 12.0 Å². The molecule has 2 aromatic carbocycles. The Kier molecular flexibility index (Phi) is 7.22. The minimum Gasteiger partial charge on any atom is -0.456 e. The number of hydrogen-bond acceptors (Lipinski definition) is 5. The lowest BCUT2D eigenvalue weighted by Gasteiger charge is -2.22. The number of anilines is 1. The molecule has 182 valence electrons. The maximum Gasteiger partial charge on any atom is 0.254 e. The van der Waals surface area contributed by atoms with E-state index in [0.717, 1.165) is 62.1 Å². The highest BCUT2D eigenvalue weighted by Gasteiger charge is 2.24. The minimum atomic E-state index is -0.132. The normalized spacial score (nSPS) is 11.9. The smallest absolute Gasteiger partial charge is 0.254 e.